The van der Waals surface area contributed by atoms with Gasteiger partial charge in [-0.2, -0.15) is 4.39 Å². The Morgan fingerprint density at radius 2 is 1.79 bits per heavy atom. The molecule has 2 fully saturated rings. The molecule has 1 aliphatic heterocycles. The second-order valence-corrected chi connectivity index (χ2v) is 9.18. The molecule has 0 amide bonds. The summed E-state index contributed by atoms with van der Waals surface area (Å²) < 4.78 is 19.6. The fourth-order valence-corrected chi connectivity index (χ4v) is 4.98. The van der Waals surface area contributed by atoms with Crippen LogP contribution in [0.1, 0.15) is 25.7 Å². The lowest BCUT2D eigenvalue weighted by atomic mass is 9.90. The maximum atomic E-state index is 14.1. The highest BCUT2D eigenvalue weighted by Gasteiger charge is 2.27. The number of hydrogen-bond acceptors (Lipinski definition) is 7. The van der Waals surface area contributed by atoms with Crippen molar-refractivity contribution in [3.05, 3.63) is 42.7 Å². The second kappa shape index (κ2) is 9.57. The molecule has 5 rings (SSSR count). The summed E-state index contributed by atoms with van der Waals surface area (Å²) in [6.07, 6.45) is 7.84. The smallest absolute Gasteiger partial charge is 0.236 e. The largest absolute Gasteiger partial charge is 0.379 e. The van der Waals surface area contributed by atoms with E-state index in [4.69, 9.17) is 4.74 Å². The van der Waals surface area contributed by atoms with E-state index in [-0.39, 0.29) is 0 Å². The molecule has 0 spiro atoms. The van der Waals surface area contributed by atoms with Gasteiger partial charge in [0.05, 0.1) is 24.4 Å². The summed E-state index contributed by atoms with van der Waals surface area (Å²) >= 11 is 0. The number of anilines is 2. The summed E-state index contributed by atoms with van der Waals surface area (Å²) in [6.45, 7) is 3.81. The molecule has 1 N–H and O–H groups in total. The number of halogens is 1. The van der Waals surface area contributed by atoms with E-state index in [0.29, 0.717) is 17.8 Å². The van der Waals surface area contributed by atoms with Gasteiger partial charge in [-0.05, 0) is 49.4 Å². The number of nitrogens with zero attached hydrogens (tertiary/aromatic N) is 5. The molecular weight excluding hydrogens is 419 g/mol. The maximum absolute atomic E-state index is 14.1. The van der Waals surface area contributed by atoms with Crippen molar-refractivity contribution < 1.29 is 9.13 Å². The average Bonchev–Trinajstić information content (AvgIpc) is 2.85. The van der Waals surface area contributed by atoms with E-state index in [2.05, 4.69) is 31.2 Å². The third kappa shape index (κ3) is 4.77. The van der Waals surface area contributed by atoms with Crippen molar-refractivity contribution in [2.75, 3.05) is 50.6 Å². The summed E-state index contributed by atoms with van der Waals surface area (Å²) in [4.78, 5) is 17.3. The minimum Gasteiger partial charge on any atom is -0.379 e. The first-order valence-corrected chi connectivity index (χ1v) is 11.7. The van der Waals surface area contributed by atoms with E-state index < -0.39 is 5.95 Å². The van der Waals surface area contributed by atoms with Gasteiger partial charge in [-0.25, -0.2) is 15.0 Å². The van der Waals surface area contributed by atoms with Crippen LogP contribution in [0.5, 0.6) is 0 Å². The molecule has 0 radical (unpaired) electrons. The van der Waals surface area contributed by atoms with Crippen LogP contribution in [0.3, 0.4) is 0 Å². The molecule has 7 nitrogen and oxygen atoms in total. The Labute approximate surface area is 194 Å². The van der Waals surface area contributed by atoms with E-state index in [0.717, 1.165) is 67.0 Å². The normalized spacial score (nSPS) is 21.8. The minimum absolute atomic E-state index is 0.400. The predicted molar refractivity (Wildman–Crippen MR) is 129 cm³/mol. The van der Waals surface area contributed by atoms with E-state index in [9.17, 15) is 4.39 Å². The van der Waals surface area contributed by atoms with Gasteiger partial charge in [0.25, 0.3) is 0 Å². The molecule has 1 saturated carbocycles. The van der Waals surface area contributed by atoms with Crippen LogP contribution in [0.15, 0.2) is 36.8 Å². The highest BCUT2D eigenvalue weighted by Crippen LogP contribution is 2.31. The molecule has 8 heteroatoms. The summed E-state index contributed by atoms with van der Waals surface area (Å²) in [7, 11) is 3.63. The zero-order valence-corrected chi connectivity index (χ0v) is 19.3. The van der Waals surface area contributed by atoms with Crippen LogP contribution in [-0.4, -0.2) is 72.3 Å². The van der Waals surface area contributed by atoms with E-state index in [1.54, 1.807) is 17.4 Å². The Morgan fingerprint density at radius 1 is 1.00 bits per heavy atom. The van der Waals surface area contributed by atoms with Crippen LogP contribution < -0.4 is 10.2 Å². The van der Waals surface area contributed by atoms with Crippen molar-refractivity contribution in [3.63, 3.8) is 0 Å². The van der Waals surface area contributed by atoms with Crippen LogP contribution in [0.2, 0.25) is 0 Å². The first-order valence-electron chi connectivity index (χ1n) is 11.7. The number of morpholine rings is 1. The highest BCUT2D eigenvalue weighted by atomic mass is 19.1. The summed E-state index contributed by atoms with van der Waals surface area (Å²) in [6, 6.07) is 8.96. The summed E-state index contributed by atoms with van der Waals surface area (Å²) in [5.41, 5.74) is 3.18. The van der Waals surface area contributed by atoms with Crippen LogP contribution >= 0.6 is 0 Å². The van der Waals surface area contributed by atoms with Gasteiger partial charge in [0.1, 0.15) is 12.1 Å². The van der Waals surface area contributed by atoms with Crippen molar-refractivity contribution in [2.24, 2.45) is 0 Å². The van der Waals surface area contributed by atoms with Gasteiger partial charge in [0.15, 0.2) is 0 Å². The Kier molecular flexibility index (Phi) is 6.37. The van der Waals surface area contributed by atoms with Gasteiger partial charge in [-0.3, -0.25) is 4.90 Å². The molecule has 0 bridgehead atoms. The molecule has 33 heavy (non-hydrogen) atoms. The first kappa shape index (κ1) is 22.0. The second-order valence-electron chi connectivity index (χ2n) is 9.18. The lowest BCUT2D eigenvalue weighted by molar-refractivity contribution is 0.00791. The SMILES string of the molecule is CN(C)c1cc(-c2ccc3ncnc(N[C@H]4CC[C@H](N5CCOCC5)CC4)c3c2)cnc1F. The molecule has 3 heterocycles. The van der Waals surface area contributed by atoms with Gasteiger partial charge in [-0.15, -0.1) is 0 Å². The van der Waals surface area contributed by atoms with Crippen LogP contribution in [0, 0.1) is 5.95 Å². The molecule has 1 aliphatic carbocycles. The number of benzene rings is 1. The number of ether oxygens (including phenoxy) is 1. The lowest BCUT2D eigenvalue weighted by Crippen LogP contribution is -2.46. The van der Waals surface area contributed by atoms with Crippen LogP contribution in [0.4, 0.5) is 15.9 Å². The van der Waals surface area contributed by atoms with E-state index in [1.807, 2.05) is 32.3 Å². The molecule has 1 aromatic carbocycles. The molecule has 2 aliphatic rings. The third-order valence-corrected chi connectivity index (χ3v) is 6.87. The van der Waals surface area contributed by atoms with Gasteiger partial charge in [0, 0.05) is 56.4 Å². The molecule has 2 aromatic heterocycles. The van der Waals surface area contributed by atoms with Crippen molar-refractivity contribution >= 4 is 22.4 Å². The summed E-state index contributed by atoms with van der Waals surface area (Å²) in [5.74, 6) is 0.391. The Morgan fingerprint density at radius 3 is 2.55 bits per heavy atom. The minimum atomic E-state index is -0.470. The standard InChI is InChI=1S/C25H31FN6O/c1-31(2)23-14-18(15-27-24(23)26)17-3-8-22-21(13-17)25(29-16-28-22)30-19-4-6-20(7-5-19)32-9-11-33-12-10-32/h3,8,13-16,19-20H,4-7,9-12H2,1-2H3,(H,28,29,30)/t19-,20-. The van der Waals surface area contributed by atoms with Crippen molar-refractivity contribution in [1.29, 1.82) is 0 Å². The quantitative estimate of drug-likeness (QED) is 0.591. The number of aromatic nitrogens is 3. The van der Waals surface area contributed by atoms with Gasteiger partial charge < -0.3 is 15.0 Å². The molecule has 174 valence electrons. The van der Waals surface area contributed by atoms with Crippen molar-refractivity contribution in [1.82, 2.24) is 19.9 Å². The third-order valence-electron chi connectivity index (χ3n) is 6.87. The average molecular weight is 451 g/mol. The fraction of sp³-hybridized carbons (Fsp3) is 0.480. The Balaban J connectivity index is 1.35. The molecular formula is C25H31FN6O. The molecule has 0 unspecified atom stereocenters. The van der Waals surface area contributed by atoms with Gasteiger partial charge in [-0.1, -0.05) is 6.07 Å². The van der Waals surface area contributed by atoms with Gasteiger partial charge in [0.2, 0.25) is 5.95 Å². The topological polar surface area (TPSA) is 66.4 Å². The predicted octanol–water partition coefficient (Wildman–Crippen LogP) is 3.95. The number of fused-ring (bicyclic) bond motifs is 1. The van der Waals surface area contributed by atoms with Crippen molar-refractivity contribution in [3.8, 4) is 11.1 Å². The monoisotopic (exact) mass is 450 g/mol. The zero-order chi connectivity index (χ0) is 22.8. The van der Waals surface area contributed by atoms with Crippen molar-refractivity contribution in [2.45, 2.75) is 37.8 Å². The Bertz CT molecular complexity index is 1110. The van der Waals surface area contributed by atoms with E-state index >= 15 is 0 Å². The van der Waals surface area contributed by atoms with Crippen LogP contribution in [-0.2, 0) is 4.74 Å². The molecule has 1 saturated heterocycles. The number of hydrogen-bond donors (Lipinski definition) is 1. The molecule has 0 atom stereocenters. The zero-order valence-electron chi connectivity index (χ0n) is 19.3. The molecule has 3 aromatic rings. The number of rotatable bonds is 5. The van der Waals surface area contributed by atoms with Crippen LogP contribution in [0.25, 0.3) is 22.0 Å². The number of nitrogens with one attached hydrogen (secondary N) is 1. The number of pyridine rings is 1. The fourth-order valence-electron chi connectivity index (χ4n) is 4.98. The lowest BCUT2D eigenvalue weighted by Gasteiger charge is -2.39. The maximum Gasteiger partial charge on any atom is 0.236 e. The first-order chi connectivity index (χ1) is 16.1. The highest BCUT2D eigenvalue weighted by molar-refractivity contribution is 5.92. The van der Waals surface area contributed by atoms with Gasteiger partial charge >= 0.3 is 0 Å². The summed E-state index contributed by atoms with van der Waals surface area (Å²) in [5, 5.41) is 4.66. The Hall–Kier alpha value is -2.84. The van der Waals surface area contributed by atoms with E-state index in [1.165, 1.54) is 12.8 Å².